The van der Waals surface area contributed by atoms with Crippen LogP contribution in [0, 0.1) is 6.92 Å². The summed E-state index contributed by atoms with van der Waals surface area (Å²) in [5.41, 5.74) is 3.29. The molecule has 0 aromatic heterocycles. The van der Waals surface area contributed by atoms with Crippen LogP contribution in [0.5, 0.6) is 5.75 Å². The van der Waals surface area contributed by atoms with E-state index in [4.69, 9.17) is 0 Å². The maximum atomic E-state index is 12.9. The van der Waals surface area contributed by atoms with Gasteiger partial charge >= 0.3 is 6.03 Å². The number of aryl methyl sites for hydroxylation is 1. The summed E-state index contributed by atoms with van der Waals surface area (Å²) in [6.07, 6.45) is 0. The fourth-order valence-corrected chi connectivity index (χ4v) is 2.81. The molecular weight excluding hydrogens is 318 g/mol. The predicted molar refractivity (Wildman–Crippen MR) is 95.0 cm³/mol. The number of rotatable bonds is 3. The van der Waals surface area contributed by atoms with Gasteiger partial charge in [-0.05, 0) is 43.2 Å². The minimum absolute atomic E-state index is 0.121. The lowest BCUT2D eigenvalue weighted by atomic mass is 9.94. The molecule has 3 rings (SSSR count). The number of hydrogen-bond acceptors (Lipinski definition) is 3. The summed E-state index contributed by atoms with van der Waals surface area (Å²) < 4.78 is 0. The Hall–Kier alpha value is -3.28. The number of nitrogens with one attached hydrogen (secondary N) is 3. The lowest BCUT2D eigenvalue weighted by Crippen LogP contribution is -2.46. The van der Waals surface area contributed by atoms with Gasteiger partial charge in [0.2, 0.25) is 0 Å². The van der Waals surface area contributed by atoms with Crippen LogP contribution in [0.4, 0.5) is 10.5 Å². The molecule has 128 valence electrons. The zero-order valence-electron chi connectivity index (χ0n) is 14.0. The first-order chi connectivity index (χ1) is 12.0. The van der Waals surface area contributed by atoms with Crippen molar-refractivity contribution in [3.05, 3.63) is 70.9 Å². The number of phenols is 1. The van der Waals surface area contributed by atoms with E-state index in [0.29, 0.717) is 22.5 Å². The molecule has 2 aromatic carbocycles. The van der Waals surface area contributed by atoms with Gasteiger partial charge in [-0.15, -0.1) is 0 Å². The highest BCUT2D eigenvalue weighted by Crippen LogP contribution is 2.29. The first-order valence-electron chi connectivity index (χ1n) is 7.90. The molecule has 1 heterocycles. The molecule has 6 nitrogen and oxygen atoms in total. The van der Waals surface area contributed by atoms with Gasteiger partial charge in [0, 0.05) is 11.4 Å². The van der Waals surface area contributed by atoms with Crippen molar-refractivity contribution in [2.45, 2.75) is 19.9 Å². The summed E-state index contributed by atoms with van der Waals surface area (Å²) in [7, 11) is 0. The largest absolute Gasteiger partial charge is 0.508 e. The molecule has 0 spiro atoms. The Balaban J connectivity index is 1.96. The van der Waals surface area contributed by atoms with Crippen LogP contribution < -0.4 is 16.0 Å². The fourth-order valence-electron chi connectivity index (χ4n) is 2.81. The quantitative estimate of drug-likeness (QED) is 0.694. The molecule has 0 aliphatic carbocycles. The zero-order chi connectivity index (χ0) is 18.0. The third-order valence-electron chi connectivity index (χ3n) is 4.13. The number of hydrogen-bond donors (Lipinski definition) is 4. The van der Waals surface area contributed by atoms with Crippen LogP contribution in [0.1, 0.15) is 24.1 Å². The number of anilines is 1. The van der Waals surface area contributed by atoms with E-state index >= 15 is 0 Å². The molecule has 3 amide bonds. The molecule has 0 saturated heterocycles. The summed E-state index contributed by atoms with van der Waals surface area (Å²) in [5, 5.41) is 17.8. The van der Waals surface area contributed by atoms with E-state index in [1.165, 1.54) is 12.1 Å². The highest BCUT2D eigenvalue weighted by atomic mass is 16.3. The molecule has 1 aliphatic rings. The summed E-state index contributed by atoms with van der Waals surface area (Å²) in [4.78, 5) is 24.7. The summed E-state index contributed by atoms with van der Waals surface area (Å²) in [6.45, 7) is 3.61. The Morgan fingerprint density at radius 2 is 1.76 bits per heavy atom. The standard InChI is InChI=1S/C19H19N3O3/c1-11-5-3-4-6-15(11)21-18(24)16-12(2)20-19(25)22-17(16)13-7-9-14(23)10-8-13/h3-10,17,23H,1-2H3,(H,21,24)(H2,20,22,25). The molecular formula is C19H19N3O3. The van der Waals surface area contributed by atoms with Crippen molar-refractivity contribution in [3.63, 3.8) is 0 Å². The van der Waals surface area contributed by atoms with Gasteiger partial charge < -0.3 is 21.1 Å². The molecule has 1 unspecified atom stereocenters. The van der Waals surface area contributed by atoms with Gasteiger partial charge in [-0.1, -0.05) is 30.3 Å². The number of benzene rings is 2. The van der Waals surface area contributed by atoms with Crippen LogP contribution in [0.3, 0.4) is 0 Å². The molecule has 0 radical (unpaired) electrons. The normalized spacial score (nSPS) is 16.9. The van der Waals surface area contributed by atoms with E-state index in [2.05, 4.69) is 16.0 Å². The Bertz CT molecular complexity index is 856. The average molecular weight is 337 g/mol. The summed E-state index contributed by atoms with van der Waals surface area (Å²) >= 11 is 0. The third-order valence-corrected chi connectivity index (χ3v) is 4.13. The maximum absolute atomic E-state index is 12.9. The fraction of sp³-hybridized carbons (Fsp3) is 0.158. The summed E-state index contributed by atoms with van der Waals surface area (Å²) in [5.74, 6) is -0.173. The van der Waals surface area contributed by atoms with Gasteiger partial charge in [-0.25, -0.2) is 4.79 Å². The van der Waals surface area contributed by atoms with Crippen molar-refractivity contribution in [1.29, 1.82) is 0 Å². The first-order valence-corrected chi connectivity index (χ1v) is 7.90. The second-order valence-electron chi connectivity index (χ2n) is 5.93. The molecule has 1 atom stereocenters. The molecule has 4 N–H and O–H groups in total. The third kappa shape index (κ3) is 3.47. The number of para-hydroxylation sites is 1. The van der Waals surface area contributed by atoms with Gasteiger partial charge in [-0.2, -0.15) is 0 Å². The molecule has 0 fully saturated rings. The Morgan fingerprint density at radius 1 is 1.08 bits per heavy atom. The number of carbonyl (C=O) groups is 2. The van der Waals surface area contributed by atoms with Gasteiger partial charge in [0.1, 0.15) is 5.75 Å². The van der Waals surface area contributed by atoms with Gasteiger partial charge in [0.25, 0.3) is 5.91 Å². The van der Waals surface area contributed by atoms with E-state index < -0.39 is 6.04 Å². The second kappa shape index (κ2) is 6.68. The molecule has 1 aliphatic heterocycles. The van der Waals surface area contributed by atoms with Crippen LogP contribution in [-0.4, -0.2) is 17.0 Å². The number of carbonyl (C=O) groups excluding carboxylic acids is 2. The van der Waals surface area contributed by atoms with Crippen LogP contribution in [0.2, 0.25) is 0 Å². The second-order valence-corrected chi connectivity index (χ2v) is 5.93. The van der Waals surface area contributed by atoms with Crippen LogP contribution in [0.15, 0.2) is 59.8 Å². The average Bonchev–Trinajstić information content (AvgIpc) is 2.57. The van der Waals surface area contributed by atoms with Crippen LogP contribution >= 0.6 is 0 Å². The van der Waals surface area contributed by atoms with E-state index in [1.54, 1.807) is 19.1 Å². The molecule has 0 saturated carbocycles. The Kier molecular flexibility index (Phi) is 4.43. The van der Waals surface area contributed by atoms with Crippen LogP contribution in [-0.2, 0) is 4.79 Å². The number of aromatic hydroxyl groups is 1. The van der Waals surface area contributed by atoms with Crippen molar-refractivity contribution in [1.82, 2.24) is 10.6 Å². The molecule has 25 heavy (non-hydrogen) atoms. The van der Waals surface area contributed by atoms with Gasteiger partial charge in [0.05, 0.1) is 11.6 Å². The Morgan fingerprint density at radius 3 is 2.44 bits per heavy atom. The van der Waals surface area contributed by atoms with Crippen molar-refractivity contribution >= 4 is 17.6 Å². The smallest absolute Gasteiger partial charge is 0.319 e. The van der Waals surface area contributed by atoms with E-state index in [0.717, 1.165) is 5.56 Å². The zero-order valence-corrected chi connectivity index (χ0v) is 14.0. The first kappa shape index (κ1) is 16.6. The van der Waals surface area contributed by atoms with E-state index in [-0.39, 0.29) is 17.7 Å². The minimum Gasteiger partial charge on any atom is -0.508 e. The van der Waals surface area contributed by atoms with Crippen LogP contribution in [0.25, 0.3) is 0 Å². The lowest BCUT2D eigenvalue weighted by molar-refractivity contribution is -0.113. The van der Waals surface area contributed by atoms with Gasteiger partial charge in [0.15, 0.2) is 0 Å². The molecule has 0 bridgehead atoms. The Labute approximate surface area is 145 Å². The topological polar surface area (TPSA) is 90.5 Å². The molecule has 6 heteroatoms. The highest BCUT2D eigenvalue weighted by Gasteiger charge is 2.31. The SMILES string of the molecule is CC1=C(C(=O)Nc2ccccc2C)C(c2ccc(O)cc2)NC(=O)N1. The van der Waals surface area contributed by atoms with Gasteiger partial charge in [-0.3, -0.25) is 4.79 Å². The number of amides is 3. The monoisotopic (exact) mass is 337 g/mol. The van der Waals surface area contributed by atoms with E-state index in [1.807, 2.05) is 31.2 Å². The van der Waals surface area contributed by atoms with Crippen molar-refractivity contribution < 1.29 is 14.7 Å². The highest BCUT2D eigenvalue weighted by molar-refractivity contribution is 6.07. The van der Waals surface area contributed by atoms with Crippen molar-refractivity contribution in [2.75, 3.05) is 5.32 Å². The van der Waals surface area contributed by atoms with E-state index in [9.17, 15) is 14.7 Å². The molecule has 2 aromatic rings. The number of urea groups is 1. The van der Waals surface area contributed by atoms with Crippen molar-refractivity contribution in [2.24, 2.45) is 0 Å². The lowest BCUT2D eigenvalue weighted by Gasteiger charge is -2.28. The van der Waals surface area contributed by atoms with Crippen molar-refractivity contribution in [3.8, 4) is 5.75 Å². The number of allylic oxidation sites excluding steroid dienone is 1. The minimum atomic E-state index is -0.599. The predicted octanol–water partition coefficient (Wildman–Crippen LogP) is 2.97. The summed E-state index contributed by atoms with van der Waals surface area (Å²) in [6, 6.07) is 12.9. The maximum Gasteiger partial charge on any atom is 0.319 e. The number of phenolic OH excluding ortho intramolecular Hbond substituents is 1.